The van der Waals surface area contributed by atoms with E-state index in [9.17, 15) is 9.18 Å². The number of nitrogens with two attached hydrogens (primary N) is 1. The molecule has 2 N–H and O–H groups in total. The number of halogens is 1. The molecule has 104 valence electrons. The highest BCUT2D eigenvalue weighted by Crippen LogP contribution is 2.17. The average molecular weight is 271 g/mol. The van der Waals surface area contributed by atoms with Crippen LogP contribution < -0.4 is 5.73 Å². The summed E-state index contributed by atoms with van der Waals surface area (Å²) in [6.07, 6.45) is 3.31. The molecule has 0 aliphatic carbocycles. The SMILES string of the molecule is CCCCc1ccc(C(=O)c2ccc(F)c(N)c2)cc1. The van der Waals surface area contributed by atoms with Gasteiger partial charge in [0.05, 0.1) is 5.69 Å². The Morgan fingerprint density at radius 2 is 1.75 bits per heavy atom. The first-order valence-electron chi connectivity index (χ1n) is 6.80. The first-order chi connectivity index (χ1) is 9.61. The number of aryl methyl sites for hydroxylation is 1. The van der Waals surface area contributed by atoms with E-state index in [-0.39, 0.29) is 11.5 Å². The van der Waals surface area contributed by atoms with Gasteiger partial charge in [-0.3, -0.25) is 4.79 Å². The highest BCUT2D eigenvalue weighted by molar-refractivity contribution is 6.09. The van der Waals surface area contributed by atoms with Gasteiger partial charge in [-0.05, 0) is 36.6 Å². The maximum Gasteiger partial charge on any atom is 0.193 e. The lowest BCUT2D eigenvalue weighted by Crippen LogP contribution is -2.03. The number of hydrogen-bond acceptors (Lipinski definition) is 2. The molecule has 0 saturated heterocycles. The fourth-order valence-electron chi connectivity index (χ4n) is 2.06. The fraction of sp³-hybridized carbons (Fsp3) is 0.235. The summed E-state index contributed by atoms with van der Waals surface area (Å²) < 4.78 is 13.1. The number of nitrogen functional groups attached to an aromatic ring is 1. The van der Waals surface area contributed by atoms with Crippen LogP contribution in [0, 0.1) is 5.82 Å². The van der Waals surface area contributed by atoms with E-state index in [2.05, 4.69) is 6.92 Å². The van der Waals surface area contributed by atoms with Gasteiger partial charge in [0, 0.05) is 11.1 Å². The van der Waals surface area contributed by atoms with Crippen LogP contribution in [0.5, 0.6) is 0 Å². The summed E-state index contributed by atoms with van der Waals surface area (Å²) in [5.74, 6) is -0.643. The topological polar surface area (TPSA) is 43.1 Å². The fourth-order valence-corrected chi connectivity index (χ4v) is 2.06. The second kappa shape index (κ2) is 6.33. The van der Waals surface area contributed by atoms with E-state index in [0.29, 0.717) is 11.1 Å². The van der Waals surface area contributed by atoms with Gasteiger partial charge in [-0.2, -0.15) is 0 Å². The van der Waals surface area contributed by atoms with Crippen molar-refractivity contribution in [3.8, 4) is 0 Å². The second-order valence-corrected chi connectivity index (χ2v) is 4.87. The average Bonchev–Trinajstić information content (AvgIpc) is 2.48. The van der Waals surface area contributed by atoms with Crippen LogP contribution in [0.1, 0.15) is 41.3 Å². The highest BCUT2D eigenvalue weighted by atomic mass is 19.1. The molecule has 2 rings (SSSR count). The number of rotatable bonds is 5. The molecule has 3 heteroatoms. The van der Waals surface area contributed by atoms with Crippen molar-refractivity contribution in [1.29, 1.82) is 0 Å². The van der Waals surface area contributed by atoms with E-state index in [1.165, 1.54) is 23.8 Å². The smallest absolute Gasteiger partial charge is 0.193 e. The van der Waals surface area contributed by atoms with Crippen molar-refractivity contribution in [3.05, 3.63) is 65.0 Å². The number of hydrogen-bond donors (Lipinski definition) is 1. The molecule has 0 amide bonds. The molecule has 0 aromatic heterocycles. The zero-order valence-corrected chi connectivity index (χ0v) is 11.5. The zero-order chi connectivity index (χ0) is 14.5. The van der Waals surface area contributed by atoms with Crippen molar-refractivity contribution in [2.45, 2.75) is 26.2 Å². The molecule has 2 nitrogen and oxygen atoms in total. The van der Waals surface area contributed by atoms with E-state index < -0.39 is 5.82 Å². The van der Waals surface area contributed by atoms with Gasteiger partial charge in [-0.25, -0.2) is 4.39 Å². The minimum Gasteiger partial charge on any atom is -0.396 e. The molecule has 0 fully saturated rings. The standard InChI is InChI=1S/C17H18FNO/c1-2-3-4-12-5-7-13(8-6-12)17(20)14-9-10-15(18)16(19)11-14/h5-11H,2-4,19H2,1H3. The lowest BCUT2D eigenvalue weighted by Gasteiger charge is -2.05. The van der Waals surface area contributed by atoms with Crippen LogP contribution >= 0.6 is 0 Å². The molecule has 2 aromatic carbocycles. The summed E-state index contributed by atoms with van der Waals surface area (Å²) in [4.78, 5) is 12.3. The third kappa shape index (κ3) is 3.23. The Balaban J connectivity index is 2.18. The van der Waals surface area contributed by atoms with Crippen LogP contribution in [-0.2, 0) is 6.42 Å². The van der Waals surface area contributed by atoms with Crippen molar-refractivity contribution < 1.29 is 9.18 Å². The van der Waals surface area contributed by atoms with Gasteiger partial charge in [0.25, 0.3) is 0 Å². The van der Waals surface area contributed by atoms with Crippen LogP contribution in [-0.4, -0.2) is 5.78 Å². The molecule has 0 atom stereocenters. The summed E-state index contributed by atoms with van der Waals surface area (Å²) in [5.41, 5.74) is 7.71. The van der Waals surface area contributed by atoms with Crippen molar-refractivity contribution in [2.24, 2.45) is 0 Å². The molecule has 2 aromatic rings. The molecule has 0 unspecified atom stereocenters. The van der Waals surface area contributed by atoms with Crippen molar-refractivity contribution in [1.82, 2.24) is 0 Å². The maximum absolute atomic E-state index is 13.1. The zero-order valence-electron chi connectivity index (χ0n) is 11.5. The second-order valence-electron chi connectivity index (χ2n) is 4.87. The van der Waals surface area contributed by atoms with Gasteiger partial charge >= 0.3 is 0 Å². The lowest BCUT2D eigenvalue weighted by atomic mass is 10.00. The molecule has 0 bridgehead atoms. The quantitative estimate of drug-likeness (QED) is 0.660. The number of ketones is 1. The Labute approximate surface area is 118 Å². The predicted molar refractivity (Wildman–Crippen MR) is 79.3 cm³/mol. The molecule has 0 saturated carbocycles. The molecule has 0 aliphatic rings. The van der Waals surface area contributed by atoms with E-state index in [4.69, 9.17) is 5.73 Å². The highest BCUT2D eigenvalue weighted by Gasteiger charge is 2.10. The number of benzene rings is 2. The molecular formula is C17H18FNO. The number of unbranched alkanes of at least 4 members (excludes halogenated alkanes) is 1. The Bertz CT molecular complexity index is 605. The molecule has 0 radical (unpaired) electrons. The first kappa shape index (κ1) is 14.3. The third-order valence-corrected chi connectivity index (χ3v) is 3.29. The van der Waals surface area contributed by atoms with Gasteiger partial charge in [0.15, 0.2) is 5.78 Å². The summed E-state index contributed by atoms with van der Waals surface area (Å²) >= 11 is 0. The van der Waals surface area contributed by atoms with E-state index >= 15 is 0 Å². The summed E-state index contributed by atoms with van der Waals surface area (Å²) in [5, 5.41) is 0. The van der Waals surface area contributed by atoms with Gasteiger partial charge < -0.3 is 5.73 Å². The van der Waals surface area contributed by atoms with Gasteiger partial charge in [0.2, 0.25) is 0 Å². The Kier molecular flexibility index (Phi) is 4.51. The van der Waals surface area contributed by atoms with Crippen molar-refractivity contribution in [2.75, 3.05) is 5.73 Å². The van der Waals surface area contributed by atoms with Crippen molar-refractivity contribution in [3.63, 3.8) is 0 Å². The van der Waals surface area contributed by atoms with Crippen molar-refractivity contribution >= 4 is 11.5 Å². The summed E-state index contributed by atoms with van der Waals surface area (Å²) in [6.45, 7) is 2.15. The minimum absolute atomic E-state index is 0.00424. The third-order valence-electron chi connectivity index (χ3n) is 3.29. The minimum atomic E-state index is -0.503. The molecule has 20 heavy (non-hydrogen) atoms. The monoisotopic (exact) mass is 271 g/mol. The van der Waals surface area contributed by atoms with Crippen LogP contribution in [0.3, 0.4) is 0 Å². The number of carbonyl (C=O) groups excluding carboxylic acids is 1. The largest absolute Gasteiger partial charge is 0.396 e. The molecule has 0 heterocycles. The van der Waals surface area contributed by atoms with Gasteiger partial charge in [-0.15, -0.1) is 0 Å². The normalized spacial score (nSPS) is 10.5. The Morgan fingerprint density at radius 3 is 2.35 bits per heavy atom. The molecular weight excluding hydrogens is 253 g/mol. The van der Waals surface area contributed by atoms with Crippen LogP contribution in [0.4, 0.5) is 10.1 Å². The van der Waals surface area contributed by atoms with Gasteiger partial charge in [0.1, 0.15) is 5.82 Å². The Morgan fingerprint density at radius 1 is 1.10 bits per heavy atom. The lowest BCUT2D eigenvalue weighted by molar-refractivity contribution is 0.103. The first-order valence-corrected chi connectivity index (χ1v) is 6.80. The number of carbonyl (C=O) groups is 1. The van der Waals surface area contributed by atoms with Crippen LogP contribution in [0.2, 0.25) is 0 Å². The predicted octanol–water partition coefficient (Wildman–Crippen LogP) is 3.98. The van der Waals surface area contributed by atoms with Crippen LogP contribution in [0.15, 0.2) is 42.5 Å². The van der Waals surface area contributed by atoms with E-state index in [1.54, 1.807) is 0 Å². The van der Waals surface area contributed by atoms with E-state index in [1.807, 2.05) is 24.3 Å². The van der Waals surface area contributed by atoms with Gasteiger partial charge in [-0.1, -0.05) is 37.6 Å². The summed E-state index contributed by atoms with van der Waals surface area (Å²) in [6, 6.07) is 11.6. The number of anilines is 1. The van der Waals surface area contributed by atoms with E-state index in [0.717, 1.165) is 19.3 Å². The Hall–Kier alpha value is -2.16. The summed E-state index contributed by atoms with van der Waals surface area (Å²) in [7, 11) is 0. The molecule has 0 spiro atoms. The molecule has 0 aliphatic heterocycles. The van der Waals surface area contributed by atoms with Crippen LogP contribution in [0.25, 0.3) is 0 Å². The maximum atomic E-state index is 13.1.